The molecule has 0 saturated heterocycles. The number of ether oxygens (including phenoxy) is 1. The van der Waals surface area contributed by atoms with Crippen molar-refractivity contribution >= 4 is 50.2 Å². The first-order valence-electron chi connectivity index (χ1n) is 10.3. The van der Waals surface area contributed by atoms with Crippen molar-refractivity contribution in [3.63, 3.8) is 0 Å². The maximum Gasteiger partial charge on any atom is 0.197 e. The second kappa shape index (κ2) is 7.21. The van der Waals surface area contributed by atoms with E-state index >= 15 is 0 Å². The molecule has 0 saturated carbocycles. The Hall–Kier alpha value is -4.10. The van der Waals surface area contributed by atoms with Crippen LogP contribution in [0.25, 0.3) is 38.7 Å². The van der Waals surface area contributed by atoms with E-state index in [0.717, 1.165) is 32.7 Å². The third-order valence-corrected chi connectivity index (χ3v) is 6.82. The van der Waals surface area contributed by atoms with Crippen LogP contribution < -0.4 is 4.74 Å². The minimum Gasteiger partial charge on any atom is -0.497 e. The number of carbonyl (C=O) groups excluding carboxylic acids is 2. The molecule has 0 aliphatic heterocycles. The molecule has 0 atom stereocenters. The number of benzene rings is 3. The highest BCUT2D eigenvalue weighted by molar-refractivity contribution is 7.19. The summed E-state index contributed by atoms with van der Waals surface area (Å²) in [4.78, 5) is 36.2. The zero-order valence-corrected chi connectivity index (χ0v) is 18.6. The largest absolute Gasteiger partial charge is 0.497 e. The highest BCUT2D eigenvalue weighted by atomic mass is 32.1. The summed E-state index contributed by atoms with van der Waals surface area (Å²) in [6.07, 6.45) is 1.59. The molecule has 6 rings (SSSR count). The van der Waals surface area contributed by atoms with Crippen molar-refractivity contribution in [1.29, 1.82) is 0 Å². The molecule has 1 aliphatic carbocycles. The standard InChI is InChI=1S/C26H17N3O3S/c1-29-24(14-7-9-17(32-2)10-8-14)28-26-25(29)27-21(33-26)13-20-22(30)18-11-15-5-3-4-6-16(15)12-19(18)23(20)31/h3-13H,1-2H3. The lowest BCUT2D eigenvalue weighted by atomic mass is 10.0. The Morgan fingerprint density at radius 1 is 0.909 bits per heavy atom. The minimum atomic E-state index is -0.258. The van der Waals surface area contributed by atoms with E-state index in [-0.39, 0.29) is 17.1 Å². The van der Waals surface area contributed by atoms with E-state index in [4.69, 9.17) is 9.72 Å². The van der Waals surface area contributed by atoms with Crippen LogP contribution >= 0.6 is 11.3 Å². The highest BCUT2D eigenvalue weighted by Crippen LogP contribution is 2.34. The Morgan fingerprint density at radius 3 is 2.12 bits per heavy atom. The van der Waals surface area contributed by atoms with Crippen molar-refractivity contribution < 1.29 is 14.3 Å². The van der Waals surface area contributed by atoms with Crippen LogP contribution in [0.4, 0.5) is 0 Å². The number of ketones is 2. The Kier molecular flexibility index (Phi) is 4.28. The first kappa shape index (κ1) is 19.6. The Morgan fingerprint density at radius 2 is 1.55 bits per heavy atom. The van der Waals surface area contributed by atoms with Gasteiger partial charge in [-0.15, -0.1) is 0 Å². The lowest BCUT2D eigenvalue weighted by molar-refractivity contribution is 0.0990. The average molecular weight is 452 g/mol. The van der Waals surface area contributed by atoms with Crippen molar-refractivity contribution in [3.05, 3.63) is 82.4 Å². The van der Waals surface area contributed by atoms with Gasteiger partial charge in [-0.25, -0.2) is 9.97 Å². The molecule has 0 bridgehead atoms. The second-order valence-electron chi connectivity index (χ2n) is 7.86. The van der Waals surface area contributed by atoms with Gasteiger partial charge in [-0.05, 0) is 53.2 Å². The van der Waals surface area contributed by atoms with E-state index in [2.05, 4.69) is 4.98 Å². The fourth-order valence-electron chi connectivity index (χ4n) is 4.21. The molecule has 0 spiro atoms. The van der Waals surface area contributed by atoms with E-state index < -0.39 is 0 Å². The number of hydrogen-bond donors (Lipinski definition) is 0. The lowest BCUT2D eigenvalue weighted by Crippen LogP contribution is -2.00. The summed E-state index contributed by atoms with van der Waals surface area (Å²) in [6, 6.07) is 19.0. The molecule has 7 heteroatoms. The number of carbonyl (C=O) groups is 2. The van der Waals surface area contributed by atoms with E-state index in [9.17, 15) is 9.59 Å². The molecule has 2 aromatic heterocycles. The van der Waals surface area contributed by atoms with Gasteiger partial charge in [0.15, 0.2) is 22.0 Å². The number of nitrogens with zero attached hydrogens (tertiary/aromatic N) is 3. The van der Waals surface area contributed by atoms with Gasteiger partial charge in [-0.3, -0.25) is 9.59 Å². The smallest absolute Gasteiger partial charge is 0.197 e. The first-order valence-corrected chi connectivity index (χ1v) is 11.2. The maximum absolute atomic E-state index is 13.0. The number of allylic oxidation sites excluding steroid dienone is 1. The number of rotatable bonds is 3. The summed E-state index contributed by atoms with van der Waals surface area (Å²) >= 11 is 1.36. The van der Waals surface area contributed by atoms with Gasteiger partial charge in [0.25, 0.3) is 0 Å². The normalized spacial score (nSPS) is 13.2. The summed E-state index contributed by atoms with van der Waals surface area (Å²) in [7, 11) is 3.53. The molecule has 160 valence electrons. The van der Waals surface area contributed by atoms with Gasteiger partial charge in [-0.2, -0.15) is 0 Å². The second-order valence-corrected chi connectivity index (χ2v) is 8.87. The van der Waals surface area contributed by atoms with Crippen molar-refractivity contribution in [2.75, 3.05) is 7.11 Å². The van der Waals surface area contributed by atoms with Crippen LogP contribution in [0.2, 0.25) is 0 Å². The topological polar surface area (TPSA) is 74.1 Å². The average Bonchev–Trinajstić information content (AvgIpc) is 3.45. The van der Waals surface area contributed by atoms with Crippen LogP contribution in [0.3, 0.4) is 0 Å². The van der Waals surface area contributed by atoms with Crippen LogP contribution in [-0.4, -0.2) is 33.2 Å². The molecule has 2 heterocycles. The summed E-state index contributed by atoms with van der Waals surface area (Å²) in [6.45, 7) is 0. The van der Waals surface area contributed by atoms with Gasteiger partial charge in [0.1, 0.15) is 16.6 Å². The zero-order valence-electron chi connectivity index (χ0n) is 17.8. The Balaban J connectivity index is 1.38. The van der Waals surface area contributed by atoms with Crippen molar-refractivity contribution in [2.45, 2.75) is 0 Å². The minimum absolute atomic E-state index is 0.148. The predicted molar refractivity (Wildman–Crippen MR) is 129 cm³/mol. The van der Waals surface area contributed by atoms with Crippen LogP contribution in [0.1, 0.15) is 25.7 Å². The van der Waals surface area contributed by atoms with Crippen molar-refractivity contribution in [3.8, 4) is 17.1 Å². The number of imidazole rings is 1. The van der Waals surface area contributed by atoms with Crippen molar-refractivity contribution in [2.24, 2.45) is 7.05 Å². The zero-order chi connectivity index (χ0) is 22.7. The summed E-state index contributed by atoms with van der Waals surface area (Å²) in [5.74, 6) is 1.05. The number of methoxy groups -OCH3 is 1. The lowest BCUT2D eigenvalue weighted by Gasteiger charge is -2.03. The first-order chi connectivity index (χ1) is 16.0. The van der Waals surface area contributed by atoms with Crippen LogP contribution in [0.5, 0.6) is 5.75 Å². The number of thiazole rings is 1. The fraction of sp³-hybridized carbons (Fsp3) is 0.0769. The Labute approximate surface area is 192 Å². The maximum atomic E-state index is 13.0. The molecule has 6 nitrogen and oxygen atoms in total. The molecule has 3 aromatic carbocycles. The molecular formula is C26H17N3O3S. The summed E-state index contributed by atoms with van der Waals surface area (Å²) in [5.41, 5.74) is 2.71. The molecule has 0 amide bonds. The highest BCUT2D eigenvalue weighted by Gasteiger charge is 2.33. The molecule has 0 fully saturated rings. The summed E-state index contributed by atoms with van der Waals surface area (Å²) < 4.78 is 7.13. The SMILES string of the molecule is COc1ccc(-c2nc3sc(C=C4C(=O)c5cc6ccccc6cc5C4=O)nc3n2C)cc1. The molecule has 33 heavy (non-hydrogen) atoms. The van der Waals surface area contributed by atoms with Gasteiger partial charge in [0, 0.05) is 23.7 Å². The monoisotopic (exact) mass is 451 g/mol. The van der Waals surface area contributed by atoms with Gasteiger partial charge in [-0.1, -0.05) is 35.6 Å². The fourth-order valence-corrected chi connectivity index (χ4v) is 5.12. The predicted octanol–water partition coefficient (Wildman–Crippen LogP) is 5.32. The molecule has 1 aliphatic rings. The summed E-state index contributed by atoms with van der Waals surface area (Å²) in [5, 5.41) is 2.46. The number of Topliss-reactive ketones (excluding diaryl/α,β-unsaturated/α-hetero) is 2. The number of fused-ring (bicyclic) bond motifs is 3. The number of aryl methyl sites for hydroxylation is 1. The van der Waals surface area contributed by atoms with Crippen molar-refractivity contribution in [1.82, 2.24) is 14.5 Å². The quantitative estimate of drug-likeness (QED) is 0.274. The molecule has 0 radical (unpaired) electrons. The molecule has 0 unspecified atom stereocenters. The molecule has 0 N–H and O–H groups in total. The Bertz CT molecular complexity index is 1580. The van der Waals surface area contributed by atoms with Crippen LogP contribution in [0, 0.1) is 0 Å². The van der Waals surface area contributed by atoms with E-state index in [1.807, 2.05) is 60.1 Å². The van der Waals surface area contributed by atoms with Crippen LogP contribution in [0.15, 0.2) is 66.2 Å². The van der Waals surface area contributed by atoms with Gasteiger partial charge in [0.2, 0.25) is 0 Å². The van der Waals surface area contributed by atoms with Gasteiger partial charge in [0.05, 0.1) is 12.7 Å². The van der Waals surface area contributed by atoms with E-state index in [1.165, 1.54) is 11.3 Å². The molecule has 5 aromatic rings. The number of hydrogen-bond acceptors (Lipinski definition) is 6. The third-order valence-electron chi connectivity index (χ3n) is 5.93. The van der Waals surface area contributed by atoms with E-state index in [1.54, 1.807) is 25.3 Å². The van der Waals surface area contributed by atoms with E-state index in [0.29, 0.717) is 21.8 Å². The number of aromatic nitrogens is 3. The van der Waals surface area contributed by atoms with Gasteiger partial charge < -0.3 is 9.30 Å². The van der Waals surface area contributed by atoms with Gasteiger partial charge >= 0.3 is 0 Å². The molecular weight excluding hydrogens is 434 g/mol. The van der Waals surface area contributed by atoms with Crippen LogP contribution in [-0.2, 0) is 7.05 Å². The third kappa shape index (κ3) is 3.01.